The summed E-state index contributed by atoms with van der Waals surface area (Å²) in [6.45, 7) is 4.42. The van der Waals surface area contributed by atoms with Gasteiger partial charge in [-0.05, 0) is 270 Å². The number of rotatable bonds is 46. The van der Waals surface area contributed by atoms with E-state index in [2.05, 4.69) is 13.8 Å². The minimum absolute atomic E-state index is 0. The summed E-state index contributed by atoms with van der Waals surface area (Å²) in [4.78, 5) is 72.1. The molecule has 0 aliphatic heterocycles. The van der Waals surface area contributed by atoms with E-state index in [1.807, 2.05) is 0 Å². The number of carbonyl (C=O) groups is 5. The number of nitrogens with zero attached hydrogens (tertiary/aromatic N) is 3. The van der Waals surface area contributed by atoms with Crippen LogP contribution in [0.2, 0.25) is 0 Å². The van der Waals surface area contributed by atoms with Crippen molar-refractivity contribution in [2.24, 2.45) is 5.92 Å². The summed E-state index contributed by atoms with van der Waals surface area (Å²) in [5.41, 5.74) is 0. The smallest absolute Gasteiger partial charge is 0.481 e. The van der Waals surface area contributed by atoms with Crippen molar-refractivity contribution in [2.75, 3.05) is 0 Å². The van der Waals surface area contributed by atoms with Gasteiger partial charge in [0.2, 0.25) is 0 Å². The Balaban J connectivity index is 0.000000354. The molecule has 9 fully saturated rings. The van der Waals surface area contributed by atoms with Crippen LogP contribution in [0.4, 0.5) is 0 Å². The van der Waals surface area contributed by atoms with Crippen molar-refractivity contribution in [1.82, 2.24) is 0 Å². The molecule has 2 atom stereocenters. The summed E-state index contributed by atoms with van der Waals surface area (Å²) in [7, 11) is 0. The Bertz CT molecular complexity index is 2090. The summed E-state index contributed by atoms with van der Waals surface area (Å²) in [5.74, 6) is -0.451. The first-order valence-corrected chi connectivity index (χ1v) is 48.9. The van der Waals surface area contributed by atoms with E-state index in [-0.39, 0.29) is 31.7 Å². The number of quaternary nitrogens is 3. The molecular formula is C96H176N3O9Zn+5. The molecule has 9 saturated carbocycles. The summed E-state index contributed by atoms with van der Waals surface area (Å²) < 4.78 is 2.14. The molecule has 9 aliphatic carbocycles. The molecule has 4 N–H and O–H groups in total. The standard InChI is InChI=1S/C60H104N3O3.2C18H36O3.Zn/c64-58(61(49-28-10-1-11-29-49,50-30-12-2-13-31-50)51-32-14-3-15-33-51)46-48(60(66)63(55-40-22-7-23-41-55,56-42-24-8-25-43-56)57-44-26-9-27-45-57)47-59(65)62(52-34-16-4-17-35-52,53-36-18-5-19-37-53)54-38-20-6-21-39-54;2*1-2-3-4-11-14-17(19)15-12-9-7-5-6-8-10-13-16-18(20)21;/h48-57H,1-47H2;2*17,19H,2-16H2,1H3,(H,20,21);/q+3;;;+2. The minimum Gasteiger partial charge on any atom is -0.481 e. The van der Waals surface area contributed by atoms with Gasteiger partial charge in [-0.25, -0.2) is 14.4 Å². The second-order valence-electron chi connectivity index (χ2n) is 37.9. The average Bonchev–Trinajstić information content (AvgIpc) is 0.736. The van der Waals surface area contributed by atoms with Gasteiger partial charge >= 0.3 is 49.1 Å². The van der Waals surface area contributed by atoms with Crippen molar-refractivity contribution in [3.63, 3.8) is 0 Å². The fourth-order valence-corrected chi connectivity index (χ4v) is 24.7. The minimum atomic E-state index is -0.678. The summed E-state index contributed by atoms with van der Waals surface area (Å²) >= 11 is 0. The number of carboxylic acids is 2. The monoisotopic (exact) mass is 1580 g/mol. The maximum Gasteiger partial charge on any atom is 2.00 e. The van der Waals surface area contributed by atoms with E-state index in [9.17, 15) is 19.8 Å². The topological polar surface area (TPSA) is 166 Å². The number of carbonyl (C=O) groups excluding carboxylic acids is 3. The summed E-state index contributed by atoms with van der Waals surface area (Å²) in [6, 6.07) is 3.52. The van der Waals surface area contributed by atoms with Gasteiger partial charge in [-0.2, -0.15) is 0 Å². The van der Waals surface area contributed by atoms with Gasteiger partial charge in [-0.1, -0.05) is 213 Å². The number of amides is 3. The van der Waals surface area contributed by atoms with E-state index >= 15 is 14.4 Å². The Morgan fingerprint density at radius 3 is 0.624 bits per heavy atom. The number of unbranched alkanes of at least 4 members (excludes halogenated alkanes) is 20. The number of carboxylic acid groups (broad SMARTS) is 2. The second-order valence-corrected chi connectivity index (χ2v) is 37.9. The Labute approximate surface area is 683 Å². The van der Waals surface area contributed by atoms with E-state index in [1.54, 1.807) is 0 Å². The van der Waals surface area contributed by atoms with Crippen LogP contribution in [0.3, 0.4) is 0 Å². The molecule has 13 heteroatoms. The van der Waals surface area contributed by atoms with Gasteiger partial charge in [0, 0.05) is 12.8 Å². The fraction of sp³-hybridized carbons (Fsp3) is 0.948. The Morgan fingerprint density at radius 2 is 0.431 bits per heavy atom. The third kappa shape index (κ3) is 31.3. The van der Waals surface area contributed by atoms with Crippen LogP contribution in [-0.2, 0) is 43.5 Å². The molecule has 0 aromatic rings. The molecule has 0 aromatic heterocycles. The van der Waals surface area contributed by atoms with Gasteiger partial charge in [0.15, 0.2) is 0 Å². The van der Waals surface area contributed by atoms with E-state index < -0.39 is 17.9 Å². The largest absolute Gasteiger partial charge is 2.00 e. The molecule has 626 valence electrons. The second kappa shape index (κ2) is 56.7. The van der Waals surface area contributed by atoms with E-state index in [0.29, 0.717) is 102 Å². The fourth-order valence-electron chi connectivity index (χ4n) is 24.7. The van der Waals surface area contributed by atoms with Crippen LogP contribution in [0, 0.1) is 5.92 Å². The third-order valence-corrected chi connectivity index (χ3v) is 30.2. The normalized spacial score (nSPS) is 21.5. The molecule has 0 aromatic carbocycles. The van der Waals surface area contributed by atoms with Gasteiger partial charge in [-0.15, -0.1) is 0 Å². The zero-order valence-electron chi connectivity index (χ0n) is 71.8. The zero-order valence-corrected chi connectivity index (χ0v) is 74.7. The van der Waals surface area contributed by atoms with Crippen LogP contribution < -0.4 is 0 Å². The third-order valence-electron chi connectivity index (χ3n) is 30.2. The van der Waals surface area contributed by atoms with Crippen molar-refractivity contribution >= 4 is 29.7 Å². The molecule has 0 radical (unpaired) electrons. The number of hydrogen-bond acceptors (Lipinski definition) is 7. The molecule has 0 heterocycles. The Hall–Kier alpha value is -1.63. The van der Waals surface area contributed by atoms with Gasteiger partial charge in [0.1, 0.15) is 0 Å². The van der Waals surface area contributed by atoms with Gasteiger partial charge < -0.3 is 20.4 Å². The first kappa shape index (κ1) is 96.2. The van der Waals surface area contributed by atoms with E-state index in [1.165, 1.54) is 392 Å². The van der Waals surface area contributed by atoms with Gasteiger partial charge in [-0.3, -0.25) is 23.0 Å². The van der Waals surface area contributed by atoms with Crippen LogP contribution in [-0.4, -0.2) is 130 Å². The van der Waals surface area contributed by atoms with Crippen molar-refractivity contribution in [1.29, 1.82) is 0 Å². The van der Waals surface area contributed by atoms with Gasteiger partial charge in [0.25, 0.3) is 0 Å². The molecule has 2 unspecified atom stereocenters. The van der Waals surface area contributed by atoms with Gasteiger partial charge in [0.05, 0.1) is 85.3 Å². The van der Waals surface area contributed by atoms with Crippen LogP contribution in [0.25, 0.3) is 0 Å². The molecule has 0 spiro atoms. The molecule has 3 amide bonds. The molecule has 9 rings (SSSR count). The van der Waals surface area contributed by atoms with Crippen LogP contribution in [0.1, 0.15) is 508 Å². The number of aliphatic hydroxyl groups is 2. The van der Waals surface area contributed by atoms with Crippen molar-refractivity contribution < 1.29 is 77.3 Å². The number of hydrogen-bond donors (Lipinski definition) is 4. The SMILES string of the molecule is CCCCCCC(O)CCCCCCCCCCC(=O)O.CCCCCCC(O)CCCCCCCCCCC(=O)O.O=C(CC(CC(=O)[N+](C1CCCCC1)(C1CCCCC1)C1CCCCC1)C(=O)[N+](C1CCCCC1)(C1CCCCC1)C1CCCCC1)[N+](C1CCCCC1)(C1CCCCC1)C1CCCCC1.[Zn+2]. The zero-order chi connectivity index (χ0) is 76.8. The first-order valence-electron chi connectivity index (χ1n) is 48.9. The number of aliphatic carboxylic acids is 2. The van der Waals surface area contributed by atoms with Crippen LogP contribution in [0.15, 0.2) is 0 Å². The molecule has 9 aliphatic rings. The summed E-state index contributed by atoms with van der Waals surface area (Å²) in [5, 5.41) is 36.7. The quantitative estimate of drug-likeness (QED) is 0.0264. The predicted octanol–water partition coefficient (Wildman–Crippen LogP) is 26.0. The molecule has 0 saturated heterocycles. The molecule has 109 heavy (non-hydrogen) atoms. The molecular weight excluding hydrogens is 1400 g/mol. The van der Waals surface area contributed by atoms with E-state index in [4.69, 9.17) is 10.2 Å². The molecule has 12 nitrogen and oxygen atoms in total. The van der Waals surface area contributed by atoms with E-state index in [0.717, 1.165) is 86.0 Å². The van der Waals surface area contributed by atoms with Crippen molar-refractivity contribution in [2.45, 2.75) is 575 Å². The average molecular weight is 1580 g/mol. The predicted molar refractivity (Wildman–Crippen MR) is 448 cm³/mol. The maximum atomic E-state index is 17.5. The Morgan fingerprint density at radius 1 is 0.257 bits per heavy atom. The Kier molecular flexibility index (Phi) is 50.0. The first-order chi connectivity index (χ1) is 52.8. The van der Waals surface area contributed by atoms with Crippen LogP contribution >= 0.6 is 0 Å². The summed E-state index contributed by atoms with van der Waals surface area (Å²) in [6.07, 6.45) is 88.9. The van der Waals surface area contributed by atoms with Crippen LogP contribution in [0.5, 0.6) is 0 Å². The molecule has 0 bridgehead atoms. The number of aliphatic hydroxyl groups excluding tert-OH is 2. The van der Waals surface area contributed by atoms with Crippen molar-refractivity contribution in [3.8, 4) is 0 Å². The maximum absolute atomic E-state index is 17.5. The van der Waals surface area contributed by atoms with Crippen molar-refractivity contribution in [3.05, 3.63) is 0 Å².